The van der Waals surface area contributed by atoms with Crippen molar-refractivity contribution in [3.63, 3.8) is 0 Å². The van der Waals surface area contributed by atoms with Gasteiger partial charge in [-0.05, 0) is 31.9 Å². The molecule has 0 aliphatic carbocycles. The first-order valence-corrected chi connectivity index (χ1v) is 9.07. The Morgan fingerprint density at radius 3 is 2.46 bits per heavy atom. The largest absolute Gasteiger partial charge is 0.497 e. The molecule has 0 bridgehead atoms. The van der Waals surface area contributed by atoms with E-state index in [1.165, 1.54) is 12.8 Å². The van der Waals surface area contributed by atoms with Gasteiger partial charge in [-0.2, -0.15) is 0 Å². The van der Waals surface area contributed by atoms with E-state index in [4.69, 9.17) is 9.47 Å². The maximum Gasteiger partial charge on any atom is 0.223 e. The van der Waals surface area contributed by atoms with Crippen molar-refractivity contribution >= 4 is 5.91 Å². The molecule has 1 amide bonds. The molecule has 0 aliphatic rings. The predicted octanol–water partition coefficient (Wildman–Crippen LogP) is 4.80. The van der Waals surface area contributed by atoms with Crippen molar-refractivity contribution < 1.29 is 14.3 Å². The number of ether oxygens (including phenoxy) is 2. The zero-order valence-corrected chi connectivity index (χ0v) is 15.9. The van der Waals surface area contributed by atoms with Crippen LogP contribution in [0.5, 0.6) is 11.5 Å². The van der Waals surface area contributed by atoms with Gasteiger partial charge in [0.1, 0.15) is 11.5 Å². The van der Waals surface area contributed by atoms with Crippen molar-refractivity contribution in [2.24, 2.45) is 0 Å². The molecule has 1 aromatic carbocycles. The molecule has 0 N–H and O–H groups in total. The number of carbonyl (C=O) groups excluding carboxylic acids is 1. The Kier molecular flexibility index (Phi) is 9.28. The van der Waals surface area contributed by atoms with Crippen LogP contribution in [-0.2, 0) is 11.3 Å². The summed E-state index contributed by atoms with van der Waals surface area (Å²) in [7, 11) is 3.29. The summed E-state index contributed by atoms with van der Waals surface area (Å²) >= 11 is 0. The molecule has 0 saturated carbocycles. The Balaban J connectivity index is 2.93. The number of methoxy groups -OCH3 is 2. The van der Waals surface area contributed by atoms with Crippen molar-refractivity contribution in [2.75, 3.05) is 14.2 Å². The van der Waals surface area contributed by atoms with Crippen LogP contribution in [-0.4, -0.2) is 31.1 Å². The fraction of sp³-hybridized carbons (Fsp3) is 0.650. The van der Waals surface area contributed by atoms with Crippen LogP contribution in [0.4, 0.5) is 0 Å². The molecule has 1 aromatic rings. The van der Waals surface area contributed by atoms with Gasteiger partial charge >= 0.3 is 0 Å². The summed E-state index contributed by atoms with van der Waals surface area (Å²) in [5, 5.41) is 0. The third-order valence-electron chi connectivity index (χ3n) is 4.38. The number of amides is 1. The standard InChI is InChI=1S/C20H33NO3/c1-6-8-9-11-16(3)21(20(22)10-7-2)15-17-12-13-18(23-4)14-19(17)24-5/h12-14,16H,6-11,15H2,1-5H3. The molecule has 0 aliphatic heterocycles. The highest BCUT2D eigenvalue weighted by molar-refractivity contribution is 5.76. The number of nitrogens with zero attached hydrogens (tertiary/aromatic N) is 1. The number of rotatable bonds is 11. The topological polar surface area (TPSA) is 38.8 Å². The summed E-state index contributed by atoms with van der Waals surface area (Å²) in [6, 6.07) is 6.02. The zero-order chi connectivity index (χ0) is 17.9. The van der Waals surface area contributed by atoms with Crippen LogP contribution >= 0.6 is 0 Å². The van der Waals surface area contributed by atoms with E-state index in [9.17, 15) is 4.79 Å². The van der Waals surface area contributed by atoms with Crippen LogP contribution in [0.25, 0.3) is 0 Å². The highest BCUT2D eigenvalue weighted by Crippen LogP contribution is 2.27. The number of hydrogen-bond acceptors (Lipinski definition) is 3. The monoisotopic (exact) mass is 335 g/mol. The maximum absolute atomic E-state index is 12.6. The Morgan fingerprint density at radius 2 is 1.88 bits per heavy atom. The lowest BCUT2D eigenvalue weighted by atomic mass is 10.1. The first kappa shape index (κ1) is 20.3. The summed E-state index contributed by atoms with van der Waals surface area (Å²) in [4.78, 5) is 14.6. The lowest BCUT2D eigenvalue weighted by Crippen LogP contribution is -2.38. The third-order valence-corrected chi connectivity index (χ3v) is 4.38. The van der Waals surface area contributed by atoms with Gasteiger partial charge in [0, 0.05) is 30.6 Å². The molecule has 1 atom stereocenters. The molecule has 0 heterocycles. The molecule has 0 aromatic heterocycles. The smallest absolute Gasteiger partial charge is 0.223 e. The van der Waals surface area contributed by atoms with E-state index >= 15 is 0 Å². The molecule has 4 nitrogen and oxygen atoms in total. The molecule has 0 saturated heterocycles. The Labute approximate surface area is 147 Å². The second-order valence-electron chi connectivity index (χ2n) is 6.29. The Hall–Kier alpha value is -1.71. The van der Waals surface area contributed by atoms with Crippen LogP contribution in [0.15, 0.2) is 18.2 Å². The van der Waals surface area contributed by atoms with Crippen LogP contribution < -0.4 is 9.47 Å². The molecular formula is C20H33NO3. The summed E-state index contributed by atoms with van der Waals surface area (Å²) in [5.41, 5.74) is 1.02. The van der Waals surface area contributed by atoms with Crippen molar-refractivity contribution in [2.45, 2.75) is 71.9 Å². The Morgan fingerprint density at radius 1 is 1.12 bits per heavy atom. The van der Waals surface area contributed by atoms with Gasteiger partial charge < -0.3 is 14.4 Å². The number of benzene rings is 1. The average molecular weight is 335 g/mol. The minimum absolute atomic E-state index is 0.222. The van der Waals surface area contributed by atoms with Crippen LogP contribution in [0.1, 0.15) is 64.9 Å². The first-order valence-electron chi connectivity index (χ1n) is 9.07. The molecule has 1 rings (SSSR count). The van der Waals surface area contributed by atoms with Crippen LogP contribution in [0, 0.1) is 0 Å². The average Bonchev–Trinajstić information content (AvgIpc) is 2.59. The van der Waals surface area contributed by atoms with Crippen LogP contribution in [0.2, 0.25) is 0 Å². The second kappa shape index (κ2) is 11.0. The van der Waals surface area contributed by atoms with Crippen molar-refractivity contribution in [1.82, 2.24) is 4.90 Å². The molecule has 0 radical (unpaired) electrons. The highest BCUT2D eigenvalue weighted by Gasteiger charge is 2.21. The van der Waals surface area contributed by atoms with Gasteiger partial charge in [-0.3, -0.25) is 4.79 Å². The molecule has 1 unspecified atom stereocenters. The van der Waals surface area contributed by atoms with Gasteiger partial charge in [0.15, 0.2) is 0 Å². The summed E-state index contributed by atoms with van der Waals surface area (Å²) in [5.74, 6) is 1.75. The normalized spacial score (nSPS) is 11.9. The molecule has 4 heteroatoms. The van der Waals surface area contributed by atoms with E-state index in [2.05, 4.69) is 13.8 Å². The molecule has 0 spiro atoms. The van der Waals surface area contributed by atoms with Gasteiger partial charge in [-0.25, -0.2) is 0 Å². The number of unbranched alkanes of at least 4 members (excludes halogenated alkanes) is 2. The fourth-order valence-corrected chi connectivity index (χ4v) is 2.86. The van der Waals surface area contributed by atoms with Crippen molar-refractivity contribution in [3.05, 3.63) is 23.8 Å². The summed E-state index contributed by atoms with van der Waals surface area (Å²) in [6.45, 7) is 6.98. The van der Waals surface area contributed by atoms with Crippen molar-refractivity contribution in [3.8, 4) is 11.5 Å². The van der Waals surface area contributed by atoms with Gasteiger partial charge in [0.05, 0.1) is 14.2 Å². The highest BCUT2D eigenvalue weighted by atomic mass is 16.5. The molecule has 136 valence electrons. The van der Waals surface area contributed by atoms with E-state index in [1.54, 1.807) is 14.2 Å². The van der Waals surface area contributed by atoms with E-state index < -0.39 is 0 Å². The van der Waals surface area contributed by atoms with Gasteiger partial charge in [0.25, 0.3) is 0 Å². The Bertz CT molecular complexity index is 502. The zero-order valence-electron chi connectivity index (χ0n) is 15.9. The van der Waals surface area contributed by atoms with Gasteiger partial charge in [-0.1, -0.05) is 33.1 Å². The third kappa shape index (κ3) is 6.06. The number of hydrogen-bond donors (Lipinski definition) is 0. The van der Waals surface area contributed by atoms with Crippen molar-refractivity contribution in [1.29, 1.82) is 0 Å². The van der Waals surface area contributed by atoms with E-state index in [0.29, 0.717) is 13.0 Å². The maximum atomic E-state index is 12.6. The SMILES string of the molecule is CCCCCC(C)N(Cc1ccc(OC)cc1OC)C(=O)CCC. The van der Waals surface area contributed by atoms with E-state index in [1.807, 2.05) is 30.0 Å². The quantitative estimate of drug-likeness (QED) is 0.545. The van der Waals surface area contributed by atoms with Gasteiger partial charge in [0.2, 0.25) is 5.91 Å². The molecule has 0 fully saturated rings. The van der Waals surface area contributed by atoms with Gasteiger partial charge in [-0.15, -0.1) is 0 Å². The van der Waals surface area contributed by atoms with E-state index in [0.717, 1.165) is 36.3 Å². The minimum atomic E-state index is 0.222. The molecular weight excluding hydrogens is 302 g/mol. The predicted molar refractivity (Wildman–Crippen MR) is 98.6 cm³/mol. The first-order chi connectivity index (χ1) is 11.6. The van der Waals surface area contributed by atoms with E-state index in [-0.39, 0.29) is 11.9 Å². The van der Waals surface area contributed by atoms with Crippen LogP contribution in [0.3, 0.4) is 0 Å². The summed E-state index contributed by atoms with van der Waals surface area (Å²) < 4.78 is 10.7. The fourth-order valence-electron chi connectivity index (χ4n) is 2.86. The lowest BCUT2D eigenvalue weighted by molar-refractivity contribution is -0.134. The lowest BCUT2D eigenvalue weighted by Gasteiger charge is -2.30. The second-order valence-corrected chi connectivity index (χ2v) is 6.29. The molecule has 24 heavy (non-hydrogen) atoms. The minimum Gasteiger partial charge on any atom is -0.497 e. The summed E-state index contributed by atoms with van der Waals surface area (Å²) in [6.07, 6.45) is 6.08. The number of carbonyl (C=O) groups is 1.